The average molecular weight is 624 g/mol. The number of halogens is 3. The molecule has 5 rings (SSSR count). The Morgan fingerprint density at radius 2 is 1.80 bits per heavy atom. The van der Waals surface area contributed by atoms with Gasteiger partial charge in [-0.25, -0.2) is 14.5 Å². The first-order chi connectivity index (χ1) is 21.1. The molecule has 44 heavy (non-hydrogen) atoms. The molecule has 2 amide bonds. The fraction of sp³-hybridized carbons (Fsp3) is 0.258. The van der Waals surface area contributed by atoms with Crippen LogP contribution in [0.4, 0.5) is 23.7 Å². The quantitative estimate of drug-likeness (QED) is 0.200. The van der Waals surface area contributed by atoms with Gasteiger partial charge in [0.15, 0.2) is 11.0 Å². The number of anilines is 1. The van der Waals surface area contributed by atoms with Gasteiger partial charge in [-0.05, 0) is 60.4 Å². The summed E-state index contributed by atoms with van der Waals surface area (Å²) in [5.74, 6) is 0.178. The number of rotatable bonds is 9. The van der Waals surface area contributed by atoms with Gasteiger partial charge >= 0.3 is 12.5 Å². The van der Waals surface area contributed by atoms with Crippen LogP contribution in [-0.2, 0) is 22.4 Å². The normalized spacial score (nSPS) is 14.3. The Hall–Kier alpha value is -4.65. The van der Waals surface area contributed by atoms with E-state index in [9.17, 15) is 22.8 Å². The fourth-order valence-corrected chi connectivity index (χ4v) is 5.40. The largest absolute Gasteiger partial charge is 0.573 e. The van der Waals surface area contributed by atoms with Crippen LogP contribution < -0.4 is 9.64 Å². The maximum Gasteiger partial charge on any atom is 0.573 e. The summed E-state index contributed by atoms with van der Waals surface area (Å²) in [5, 5.41) is 4.71. The van der Waals surface area contributed by atoms with Gasteiger partial charge in [0, 0.05) is 12.0 Å². The number of amides is 2. The fourth-order valence-electron chi connectivity index (χ4n) is 4.55. The predicted octanol–water partition coefficient (Wildman–Crippen LogP) is 6.91. The molecule has 13 heteroatoms. The number of hydrogen-bond donors (Lipinski definition) is 0. The lowest BCUT2D eigenvalue weighted by Crippen LogP contribution is -2.31. The van der Waals surface area contributed by atoms with Gasteiger partial charge in [-0.1, -0.05) is 61.5 Å². The van der Waals surface area contributed by atoms with E-state index in [2.05, 4.69) is 26.7 Å². The Morgan fingerprint density at radius 1 is 1.05 bits per heavy atom. The summed E-state index contributed by atoms with van der Waals surface area (Å²) >= 11 is 1.21. The smallest absolute Gasteiger partial charge is 0.448 e. The first kappa shape index (κ1) is 30.8. The van der Waals surface area contributed by atoms with Gasteiger partial charge < -0.3 is 9.47 Å². The zero-order valence-electron chi connectivity index (χ0n) is 23.9. The number of carbonyl (C=O) groups is 2. The third-order valence-corrected chi connectivity index (χ3v) is 7.53. The molecule has 9 nitrogen and oxygen atoms in total. The molecule has 0 bridgehead atoms. The van der Waals surface area contributed by atoms with Crippen molar-refractivity contribution in [2.45, 2.75) is 39.5 Å². The average Bonchev–Trinajstić information content (AvgIpc) is 3.61. The van der Waals surface area contributed by atoms with E-state index >= 15 is 0 Å². The van der Waals surface area contributed by atoms with E-state index in [0.717, 1.165) is 40.8 Å². The topological polar surface area (TPSA) is 98.9 Å². The minimum Gasteiger partial charge on any atom is -0.448 e. The highest BCUT2D eigenvalue weighted by Gasteiger charge is 2.32. The summed E-state index contributed by atoms with van der Waals surface area (Å²) in [6.45, 7) is 4.12. The van der Waals surface area contributed by atoms with Crippen LogP contribution in [0.5, 0.6) is 5.75 Å². The zero-order chi connectivity index (χ0) is 31.3. The van der Waals surface area contributed by atoms with Crippen LogP contribution in [0.3, 0.4) is 0 Å². The number of alkyl halides is 3. The van der Waals surface area contributed by atoms with Gasteiger partial charge in [0.2, 0.25) is 5.91 Å². The number of aliphatic imine (C=N–C) groups is 1. The Bertz CT molecular complexity index is 1670. The van der Waals surface area contributed by atoms with Crippen molar-refractivity contribution in [2.75, 3.05) is 17.3 Å². The Morgan fingerprint density at radius 3 is 2.50 bits per heavy atom. The van der Waals surface area contributed by atoms with E-state index in [0.29, 0.717) is 23.1 Å². The molecule has 1 aliphatic heterocycles. The van der Waals surface area contributed by atoms with Gasteiger partial charge in [0.1, 0.15) is 12.1 Å². The first-order valence-corrected chi connectivity index (χ1v) is 14.8. The van der Waals surface area contributed by atoms with E-state index in [-0.39, 0.29) is 24.0 Å². The summed E-state index contributed by atoms with van der Waals surface area (Å²) in [7, 11) is 0. The molecule has 228 valence electrons. The maximum absolute atomic E-state index is 12.7. The van der Waals surface area contributed by atoms with Gasteiger partial charge in [-0.2, -0.15) is 4.99 Å². The van der Waals surface area contributed by atoms with Crippen molar-refractivity contribution in [1.82, 2.24) is 14.8 Å². The molecule has 1 aliphatic rings. The molecule has 0 atom stereocenters. The minimum atomic E-state index is -4.76. The van der Waals surface area contributed by atoms with Gasteiger partial charge in [-0.15, -0.1) is 18.3 Å². The van der Waals surface area contributed by atoms with E-state index in [1.165, 1.54) is 51.9 Å². The summed E-state index contributed by atoms with van der Waals surface area (Å²) in [6, 6.07) is 18.6. The van der Waals surface area contributed by atoms with Crippen LogP contribution in [0.15, 0.2) is 78.0 Å². The van der Waals surface area contributed by atoms with Crippen molar-refractivity contribution in [3.05, 3.63) is 89.7 Å². The van der Waals surface area contributed by atoms with E-state index in [4.69, 9.17) is 4.74 Å². The van der Waals surface area contributed by atoms with E-state index < -0.39 is 12.5 Å². The zero-order valence-corrected chi connectivity index (χ0v) is 24.7. The van der Waals surface area contributed by atoms with E-state index in [1.807, 2.05) is 49.4 Å². The molecular weight excluding hydrogens is 595 g/mol. The van der Waals surface area contributed by atoms with Crippen molar-refractivity contribution >= 4 is 34.6 Å². The van der Waals surface area contributed by atoms with E-state index in [1.54, 1.807) is 0 Å². The lowest BCUT2D eigenvalue weighted by atomic mass is 10.0. The van der Waals surface area contributed by atoms with Crippen LogP contribution in [0, 0.1) is 6.92 Å². The number of nitrogens with zero attached hydrogens (tertiary/aromatic N) is 5. The summed E-state index contributed by atoms with van der Waals surface area (Å²) < 4.78 is 47.9. The molecule has 0 N–H and O–H groups in total. The summed E-state index contributed by atoms with van der Waals surface area (Å²) in [4.78, 5) is 35.2. The SMILES string of the molecule is CCCc1ccc(C)cc1N1C(=O)CS/C1=N\C(=O)OCCc1ccc(-c2ncn(-c3ccc(OC(F)(F)F)cc3)n2)cc1. The second-order valence-electron chi connectivity index (χ2n) is 9.91. The highest BCUT2D eigenvalue weighted by Crippen LogP contribution is 2.31. The molecule has 0 aliphatic carbocycles. The molecule has 2 heterocycles. The predicted molar refractivity (Wildman–Crippen MR) is 161 cm³/mol. The molecular formula is C31H28F3N5O4S. The number of ether oxygens (including phenoxy) is 2. The maximum atomic E-state index is 12.7. The Kier molecular flexibility index (Phi) is 9.33. The highest BCUT2D eigenvalue weighted by molar-refractivity contribution is 8.15. The number of amidine groups is 1. The van der Waals surface area contributed by atoms with Crippen LogP contribution in [0.2, 0.25) is 0 Å². The van der Waals surface area contributed by atoms with Crippen molar-refractivity contribution in [3.8, 4) is 22.8 Å². The van der Waals surface area contributed by atoms with Crippen LogP contribution in [-0.4, -0.2) is 50.7 Å². The number of carbonyl (C=O) groups excluding carboxylic acids is 2. The van der Waals surface area contributed by atoms with Gasteiger partial charge in [0.25, 0.3) is 0 Å². The molecule has 0 spiro atoms. The molecule has 4 aromatic rings. The number of thioether (sulfide) groups is 1. The molecule has 0 radical (unpaired) electrons. The molecule has 1 aromatic heterocycles. The molecule has 1 saturated heterocycles. The number of aromatic nitrogens is 3. The Labute approximate surface area is 255 Å². The van der Waals surface area contributed by atoms with Crippen LogP contribution >= 0.6 is 11.8 Å². The molecule has 0 unspecified atom stereocenters. The summed E-state index contributed by atoms with van der Waals surface area (Å²) in [5.41, 5.74) is 4.94. The molecule has 3 aromatic carbocycles. The standard InChI is InChI=1S/C31H28F3N5O4S/c1-3-4-22-8-5-20(2)17-26(22)39-27(40)18-44-29(39)36-30(41)42-16-15-21-6-9-23(10-7-21)28-35-19-38(37-28)24-11-13-25(14-12-24)43-31(32,33)34/h5-14,17,19H,3-4,15-16,18H2,1-2H3/b36-29-. The number of benzene rings is 3. The number of hydrogen-bond acceptors (Lipinski definition) is 7. The van der Waals surface area contributed by atoms with Crippen molar-refractivity contribution in [1.29, 1.82) is 0 Å². The second-order valence-corrected chi connectivity index (χ2v) is 10.9. The third-order valence-electron chi connectivity index (χ3n) is 6.61. The van der Waals surface area contributed by atoms with Crippen molar-refractivity contribution < 1.29 is 32.2 Å². The monoisotopic (exact) mass is 623 g/mol. The second kappa shape index (κ2) is 13.3. The number of aryl methyl sites for hydroxylation is 2. The van der Waals surface area contributed by atoms with Crippen molar-refractivity contribution in [2.24, 2.45) is 4.99 Å². The van der Waals surface area contributed by atoms with Crippen molar-refractivity contribution in [3.63, 3.8) is 0 Å². The summed E-state index contributed by atoms with van der Waals surface area (Å²) in [6.07, 6.45) is -1.90. The first-order valence-electron chi connectivity index (χ1n) is 13.8. The molecule has 1 fully saturated rings. The molecule has 0 saturated carbocycles. The van der Waals surface area contributed by atoms with Crippen LogP contribution in [0.1, 0.15) is 30.0 Å². The minimum absolute atomic E-state index is 0.0973. The van der Waals surface area contributed by atoms with Gasteiger partial charge in [-0.3, -0.25) is 9.69 Å². The third kappa shape index (κ3) is 7.64. The highest BCUT2D eigenvalue weighted by atomic mass is 32.2. The lowest BCUT2D eigenvalue weighted by molar-refractivity contribution is -0.274. The van der Waals surface area contributed by atoms with Crippen LogP contribution in [0.25, 0.3) is 17.1 Å². The van der Waals surface area contributed by atoms with Gasteiger partial charge in [0.05, 0.1) is 23.7 Å². The Balaban J connectivity index is 1.17. The lowest BCUT2D eigenvalue weighted by Gasteiger charge is -2.20.